The van der Waals surface area contributed by atoms with Crippen molar-refractivity contribution in [1.82, 2.24) is 9.78 Å². The molecule has 0 bridgehead atoms. The fourth-order valence-corrected chi connectivity index (χ4v) is 2.31. The van der Waals surface area contributed by atoms with Crippen molar-refractivity contribution in [3.63, 3.8) is 0 Å². The van der Waals surface area contributed by atoms with Gasteiger partial charge in [0.2, 0.25) is 0 Å². The summed E-state index contributed by atoms with van der Waals surface area (Å²) in [6, 6.07) is 9.76. The third-order valence-electron chi connectivity index (χ3n) is 3.56. The number of nitriles is 1. The first-order valence-electron chi connectivity index (χ1n) is 7.80. The molecule has 122 valence electrons. The number of nitrogens with zero attached hydrogens (tertiary/aromatic N) is 3. The van der Waals surface area contributed by atoms with Gasteiger partial charge in [-0.1, -0.05) is 32.9 Å². The van der Waals surface area contributed by atoms with Crippen LogP contribution in [0, 0.1) is 23.7 Å². The van der Waals surface area contributed by atoms with E-state index in [2.05, 4.69) is 42.6 Å². The summed E-state index contributed by atoms with van der Waals surface area (Å²) in [5.41, 5.74) is 4.01. The van der Waals surface area contributed by atoms with Crippen molar-refractivity contribution >= 4 is 11.5 Å². The van der Waals surface area contributed by atoms with Gasteiger partial charge in [-0.3, -0.25) is 4.68 Å². The topological polar surface area (TPSA) is 65.7 Å². The van der Waals surface area contributed by atoms with Crippen LogP contribution in [0.3, 0.4) is 0 Å². The second-order valence-corrected chi connectivity index (χ2v) is 7.01. The minimum atomic E-state index is 0.197. The van der Waals surface area contributed by atoms with E-state index in [1.54, 1.807) is 0 Å². The van der Waals surface area contributed by atoms with E-state index in [1.807, 2.05) is 42.9 Å². The number of rotatable bonds is 5. The van der Waals surface area contributed by atoms with Crippen LogP contribution < -0.4 is 10.6 Å². The third-order valence-corrected chi connectivity index (χ3v) is 3.56. The second-order valence-electron chi connectivity index (χ2n) is 7.01. The number of benzene rings is 1. The first-order valence-corrected chi connectivity index (χ1v) is 7.80. The largest absolute Gasteiger partial charge is 0.376 e. The molecule has 0 amide bonds. The Kier molecular flexibility index (Phi) is 4.95. The smallest absolute Gasteiger partial charge is 0.148 e. The lowest BCUT2D eigenvalue weighted by Gasteiger charge is -2.20. The van der Waals surface area contributed by atoms with Crippen LogP contribution in [0.15, 0.2) is 24.3 Å². The molecule has 0 aliphatic rings. The van der Waals surface area contributed by atoms with E-state index in [1.165, 1.54) is 0 Å². The zero-order valence-electron chi connectivity index (χ0n) is 14.6. The monoisotopic (exact) mass is 311 g/mol. The first-order chi connectivity index (χ1) is 10.8. The lowest BCUT2D eigenvalue weighted by Crippen LogP contribution is -2.21. The number of anilines is 2. The van der Waals surface area contributed by atoms with Crippen LogP contribution in [-0.2, 0) is 13.6 Å². The van der Waals surface area contributed by atoms with Gasteiger partial charge in [0, 0.05) is 20.1 Å². The number of aryl methyl sites for hydroxylation is 2. The van der Waals surface area contributed by atoms with Gasteiger partial charge in [-0.2, -0.15) is 10.4 Å². The minimum absolute atomic E-state index is 0.197. The van der Waals surface area contributed by atoms with Crippen LogP contribution in [0.1, 0.15) is 37.6 Å². The van der Waals surface area contributed by atoms with E-state index in [0.29, 0.717) is 12.1 Å². The molecule has 0 radical (unpaired) electrons. The van der Waals surface area contributed by atoms with Gasteiger partial charge < -0.3 is 10.6 Å². The highest BCUT2D eigenvalue weighted by atomic mass is 15.3. The summed E-state index contributed by atoms with van der Waals surface area (Å²) in [4.78, 5) is 0. The number of hydrogen-bond donors (Lipinski definition) is 2. The molecule has 0 aliphatic heterocycles. The maximum atomic E-state index is 8.85. The van der Waals surface area contributed by atoms with Crippen molar-refractivity contribution in [2.24, 2.45) is 12.5 Å². The fraction of sp³-hybridized carbons (Fsp3) is 0.444. The minimum Gasteiger partial charge on any atom is -0.376 e. The van der Waals surface area contributed by atoms with Gasteiger partial charge in [-0.25, -0.2) is 0 Å². The van der Waals surface area contributed by atoms with Gasteiger partial charge in [0.15, 0.2) is 0 Å². The molecular weight excluding hydrogens is 286 g/mol. The predicted octanol–water partition coefficient (Wildman–Crippen LogP) is 3.67. The summed E-state index contributed by atoms with van der Waals surface area (Å²) in [5, 5.41) is 20.3. The molecule has 2 N–H and O–H groups in total. The van der Waals surface area contributed by atoms with Crippen LogP contribution in [0.5, 0.6) is 0 Å². The molecule has 0 aliphatic carbocycles. The Morgan fingerprint density at radius 3 is 2.39 bits per heavy atom. The first kappa shape index (κ1) is 16.9. The van der Waals surface area contributed by atoms with Crippen LogP contribution >= 0.6 is 0 Å². The molecule has 1 aromatic carbocycles. The number of nitrogens with one attached hydrogen (secondary N) is 2. The van der Waals surface area contributed by atoms with E-state index < -0.39 is 0 Å². The van der Waals surface area contributed by atoms with E-state index in [4.69, 9.17) is 5.26 Å². The highest BCUT2D eigenvalue weighted by molar-refractivity contribution is 5.68. The highest BCUT2D eigenvalue weighted by Crippen LogP contribution is 2.27. The second kappa shape index (κ2) is 6.74. The maximum absolute atomic E-state index is 8.85. The zero-order chi connectivity index (χ0) is 17.0. The molecule has 1 aromatic heterocycles. The molecule has 5 heteroatoms. The Balaban J connectivity index is 2.11. The summed E-state index contributed by atoms with van der Waals surface area (Å²) in [7, 11) is 1.95. The van der Waals surface area contributed by atoms with Gasteiger partial charge in [-0.15, -0.1) is 0 Å². The Morgan fingerprint density at radius 2 is 1.83 bits per heavy atom. The van der Waals surface area contributed by atoms with Crippen molar-refractivity contribution in [3.8, 4) is 6.07 Å². The summed E-state index contributed by atoms with van der Waals surface area (Å²) >= 11 is 0. The summed E-state index contributed by atoms with van der Waals surface area (Å²) in [5.74, 6) is 1.01. The normalized spacial score (nSPS) is 11.1. The number of aromatic nitrogens is 2. The van der Waals surface area contributed by atoms with E-state index in [9.17, 15) is 0 Å². The predicted molar refractivity (Wildman–Crippen MR) is 94.4 cm³/mol. The molecule has 2 rings (SSSR count). The van der Waals surface area contributed by atoms with Crippen molar-refractivity contribution < 1.29 is 0 Å². The quantitative estimate of drug-likeness (QED) is 0.884. The Bertz CT molecular complexity index is 699. The SMILES string of the molecule is Cc1nn(C)c(NCC(C)(C)C)c1NCc1ccc(C#N)cc1. The molecule has 0 atom stereocenters. The van der Waals surface area contributed by atoms with Crippen LogP contribution in [0.4, 0.5) is 11.5 Å². The van der Waals surface area contributed by atoms with E-state index >= 15 is 0 Å². The maximum Gasteiger partial charge on any atom is 0.148 e. The molecular formula is C18H25N5. The summed E-state index contributed by atoms with van der Waals surface area (Å²) in [6.45, 7) is 10.2. The van der Waals surface area contributed by atoms with Crippen molar-refractivity contribution in [1.29, 1.82) is 5.26 Å². The summed E-state index contributed by atoms with van der Waals surface area (Å²) < 4.78 is 1.88. The van der Waals surface area contributed by atoms with Crippen molar-refractivity contribution in [3.05, 3.63) is 41.1 Å². The lowest BCUT2D eigenvalue weighted by atomic mass is 9.97. The van der Waals surface area contributed by atoms with Crippen LogP contribution in [-0.4, -0.2) is 16.3 Å². The number of hydrogen-bond acceptors (Lipinski definition) is 4. The average molecular weight is 311 g/mol. The molecule has 1 heterocycles. The Labute approximate surface area is 138 Å². The molecule has 2 aromatic rings. The molecule has 0 unspecified atom stereocenters. The lowest BCUT2D eigenvalue weighted by molar-refractivity contribution is 0.441. The van der Waals surface area contributed by atoms with Gasteiger partial charge in [0.1, 0.15) is 11.5 Å². The van der Waals surface area contributed by atoms with Crippen LogP contribution in [0.25, 0.3) is 0 Å². The standard InChI is InChI=1S/C18H25N5/c1-13-16(17(23(5)22-13)21-12-18(2,3)4)20-11-15-8-6-14(10-19)7-9-15/h6-9,20-21H,11-12H2,1-5H3. The van der Waals surface area contributed by atoms with E-state index in [0.717, 1.165) is 29.3 Å². The molecule has 0 saturated carbocycles. The molecule has 5 nitrogen and oxygen atoms in total. The summed E-state index contributed by atoms with van der Waals surface area (Å²) in [6.07, 6.45) is 0. The van der Waals surface area contributed by atoms with Gasteiger partial charge in [-0.05, 0) is 30.0 Å². The highest BCUT2D eigenvalue weighted by Gasteiger charge is 2.16. The van der Waals surface area contributed by atoms with Gasteiger partial charge >= 0.3 is 0 Å². The molecule has 0 saturated heterocycles. The molecule has 0 fully saturated rings. The van der Waals surface area contributed by atoms with Crippen molar-refractivity contribution in [2.45, 2.75) is 34.2 Å². The molecule has 0 spiro atoms. The van der Waals surface area contributed by atoms with Gasteiger partial charge in [0.05, 0.1) is 17.3 Å². The van der Waals surface area contributed by atoms with Crippen molar-refractivity contribution in [2.75, 3.05) is 17.2 Å². The van der Waals surface area contributed by atoms with E-state index in [-0.39, 0.29) is 5.41 Å². The fourth-order valence-electron chi connectivity index (χ4n) is 2.31. The average Bonchev–Trinajstić information content (AvgIpc) is 2.76. The molecule has 23 heavy (non-hydrogen) atoms. The van der Waals surface area contributed by atoms with Gasteiger partial charge in [0.25, 0.3) is 0 Å². The zero-order valence-corrected chi connectivity index (χ0v) is 14.6. The third kappa shape index (κ3) is 4.49. The Morgan fingerprint density at radius 1 is 1.17 bits per heavy atom. The Hall–Kier alpha value is -2.48. The van der Waals surface area contributed by atoms with Crippen LogP contribution in [0.2, 0.25) is 0 Å².